The summed E-state index contributed by atoms with van der Waals surface area (Å²) in [5.74, 6) is 1.45. The van der Waals surface area contributed by atoms with Crippen LogP contribution < -0.4 is 15.1 Å². The van der Waals surface area contributed by atoms with Gasteiger partial charge in [0.05, 0.1) is 10.9 Å². The zero-order valence-electron chi connectivity index (χ0n) is 16.3. The molecule has 0 radical (unpaired) electrons. The van der Waals surface area contributed by atoms with E-state index in [-0.39, 0.29) is 0 Å². The minimum Gasteiger partial charge on any atom is -0.486 e. The Morgan fingerprint density at radius 3 is 2.04 bits per heavy atom. The zero-order valence-corrected chi connectivity index (χ0v) is 17.1. The predicted molar refractivity (Wildman–Crippen MR) is 109 cm³/mol. The van der Waals surface area contributed by atoms with Crippen molar-refractivity contribution in [3.63, 3.8) is 0 Å². The molecule has 2 heterocycles. The van der Waals surface area contributed by atoms with Gasteiger partial charge in [-0.15, -0.1) is 0 Å². The van der Waals surface area contributed by atoms with Crippen molar-refractivity contribution < 1.29 is 22.3 Å². The fourth-order valence-electron chi connectivity index (χ4n) is 2.31. The molecule has 0 saturated heterocycles. The maximum Gasteiger partial charge on any atom is 0.347 e. The largest absolute Gasteiger partial charge is 0.486 e. The van der Waals surface area contributed by atoms with Crippen molar-refractivity contribution >= 4 is 20.7 Å². The molecule has 0 unspecified atom stereocenters. The highest BCUT2D eigenvalue weighted by Crippen LogP contribution is 2.33. The first-order valence-electron chi connectivity index (χ1n) is 8.76. The quantitative estimate of drug-likeness (QED) is 0.613. The zero-order chi connectivity index (χ0) is 20.7. The van der Waals surface area contributed by atoms with Crippen molar-refractivity contribution in [1.29, 1.82) is 0 Å². The minimum atomic E-state index is -2.67. The highest BCUT2D eigenvalue weighted by atomic mass is 32.2. The number of hydrogen-bond donors (Lipinski definition) is 0. The monoisotopic (exact) mass is 405 g/mol. The maximum atomic E-state index is 12.2. The second kappa shape index (κ2) is 9.36. The SMILES string of the molecule is CC.CS(C)(=O)=O.O=c1oc(-c2ccccc2)nc2cc3c(cc12)OCCO3. The van der Waals surface area contributed by atoms with Gasteiger partial charge in [-0.25, -0.2) is 18.2 Å². The average Bonchev–Trinajstić information content (AvgIpc) is 2.67. The molecule has 0 spiro atoms. The Morgan fingerprint density at radius 1 is 0.929 bits per heavy atom. The second-order valence-corrected chi connectivity index (χ2v) is 8.11. The molecule has 0 aliphatic carbocycles. The van der Waals surface area contributed by atoms with Crippen LogP contribution in [0.5, 0.6) is 11.5 Å². The number of nitrogens with zero attached hydrogens (tertiary/aromatic N) is 1. The Morgan fingerprint density at radius 2 is 1.46 bits per heavy atom. The van der Waals surface area contributed by atoms with Crippen LogP contribution >= 0.6 is 0 Å². The molecule has 0 atom stereocenters. The van der Waals surface area contributed by atoms with Gasteiger partial charge in [-0.2, -0.15) is 0 Å². The van der Waals surface area contributed by atoms with Crippen LogP contribution in [0.2, 0.25) is 0 Å². The molecule has 150 valence electrons. The molecule has 1 aliphatic heterocycles. The normalized spacial score (nSPS) is 12.3. The van der Waals surface area contributed by atoms with Crippen molar-refractivity contribution in [3.05, 3.63) is 52.9 Å². The fourth-order valence-corrected chi connectivity index (χ4v) is 2.31. The van der Waals surface area contributed by atoms with Crippen molar-refractivity contribution in [2.75, 3.05) is 25.7 Å². The van der Waals surface area contributed by atoms with Crippen LogP contribution in [0, 0.1) is 0 Å². The summed E-state index contributed by atoms with van der Waals surface area (Å²) in [5, 5.41) is 0.388. The fraction of sp³-hybridized carbons (Fsp3) is 0.300. The molecule has 7 nitrogen and oxygen atoms in total. The lowest BCUT2D eigenvalue weighted by atomic mass is 10.2. The lowest BCUT2D eigenvalue weighted by Crippen LogP contribution is -2.16. The molecule has 0 N–H and O–H groups in total. The molecule has 0 amide bonds. The van der Waals surface area contributed by atoms with Crippen LogP contribution in [-0.2, 0) is 9.84 Å². The molecule has 8 heteroatoms. The predicted octanol–water partition coefficient (Wildman–Crippen LogP) is 3.31. The third kappa shape index (κ3) is 5.82. The van der Waals surface area contributed by atoms with E-state index in [1.807, 2.05) is 44.2 Å². The van der Waals surface area contributed by atoms with Crippen LogP contribution in [0.15, 0.2) is 51.7 Å². The molecule has 0 saturated carbocycles. The van der Waals surface area contributed by atoms with Gasteiger partial charge in [0.15, 0.2) is 11.5 Å². The molecule has 2 aromatic carbocycles. The summed E-state index contributed by atoms with van der Waals surface area (Å²) in [6.45, 7) is 4.96. The molecule has 1 aliphatic rings. The number of sulfone groups is 1. The smallest absolute Gasteiger partial charge is 0.347 e. The van der Waals surface area contributed by atoms with Crippen molar-refractivity contribution in [2.24, 2.45) is 0 Å². The van der Waals surface area contributed by atoms with Crippen LogP contribution in [0.3, 0.4) is 0 Å². The van der Waals surface area contributed by atoms with E-state index in [4.69, 9.17) is 13.9 Å². The highest BCUT2D eigenvalue weighted by Gasteiger charge is 2.16. The standard InChI is InChI=1S/C16H11NO4.C2H6O2S.C2H6/c18-16-11-8-13-14(20-7-6-19-13)9-12(11)17-15(21-16)10-4-2-1-3-5-10;1-5(2,3)4;1-2/h1-5,8-9H,6-7H2;1-2H3;1-2H3. The lowest BCUT2D eigenvalue weighted by Gasteiger charge is -2.18. The van der Waals surface area contributed by atoms with Gasteiger partial charge >= 0.3 is 5.63 Å². The van der Waals surface area contributed by atoms with E-state index >= 15 is 0 Å². The molecular weight excluding hydrogens is 382 g/mol. The van der Waals surface area contributed by atoms with Gasteiger partial charge in [-0.3, -0.25) is 0 Å². The van der Waals surface area contributed by atoms with Crippen LogP contribution in [0.1, 0.15) is 13.8 Å². The Kier molecular flexibility index (Phi) is 7.17. The van der Waals surface area contributed by atoms with Crippen molar-refractivity contribution in [1.82, 2.24) is 4.98 Å². The first-order valence-corrected chi connectivity index (χ1v) is 11.1. The third-order valence-electron chi connectivity index (χ3n) is 3.31. The molecule has 1 aromatic heterocycles. The molecule has 0 fully saturated rings. The van der Waals surface area contributed by atoms with Crippen LogP contribution in [0.4, 0.5) is 0 Å². The maximum absolute atomic E-state index is 12.2. The van der Waals surface area contributed by atoms with Gasteiger partial charge in [0.2, 0.25) is 5.89 Å². The molecule has 3 aromatic rings. The second-order valence-electron chi connectivity index (χ2n) is 5.83. The third-order valence-corrected chi connectivity index (χ3v) is 3.31. The lowest BCUT2D eigenvalue weighted by molar-refractivity contribution is 0.172. The highest BCUT2D eigenvalue weighted by molar-refractivity contribution is 7.89. The Hall–Kier alpha value is -2.87. The number of rotatable bonds is 1. The van der Waals surface area contributed by atoms with E-state index in [0.29, 0.717) is 41.5 Å². The summed E-state index contributed by atoms with van der Waals surface area (Å²) >= 11 is 0. The Balaban J connectivity index is 0.000000352. The van der Waals surface area contributed by atoms with E-state index in [1.54, 1.807) is 12.1 Å². The molecule has 0 bridgehead atoms. The first-order chi connectivity index (χ1) is 13.3. The summed E-state index contributed by atoms with van der Waals surface area (Å²) in [6, 6.07) is 12.6. The van der Waals surface area contributed by atoms with E-state index < -0.39 is 15.5 Å². The van der Waals surface area contributed by atoms with Gasteiger partial charge in [0.25, 0.3) is 0 Å². The number of fused-ring (bicyclic) bond motifs is 2. The van der Waals surface area contributed by atoms with Crippen LogP contribution in [-0.4, -0.2) is 39.1 Å². The van der Waals surface area contributed by atoms with Gasteiger partial charge in [0, 0.05) is 30.2 Å². The average molecular weight is 405 g/mol. The van der Waals surface area contributed by atoms with Crippen molar-refractivity contribution in [2.45, 2.75) is 13.8 Å². The summed E-state index contributed by atoms with van der Waals surface area (Å²) in [5.41, 5.74) is 0.858. The van der Waals surface area contributed by atoms with E-state index in [1.165, 1.54) is 0 Å². The topological polar surface area (TPSA) is 95.7 Å². The van der Waals surface area contributed by atoms with Gasteiger partial charge < -0.3 is 13.9 Å². The van der Waals surface area contributed by atoms with E-state index in [0.717, 1.165) is 18.1 Å². The van der Waals surface area contributed by atoms with Gasteiger partial charge in [-0.05, 0) is 12.1 Å². The Labute approximate surface area is 163 Å². The van der Waals surface area contributed by atoms with E-state index in [9.17, 15) is 13.2 Å². The Bertz CT molecular complexity index is 1080. The summed E-state index contributed by atoms with van der Waals surface area (Å²) < 4.78 is 35.6. The number of aromatic nitrogens is 1. The van der Waals surface area contributed by atoms with Gasteiger partial charge in [-0.1, -0.05) is 32.0 Å². The first kappa shape index (κ1) is 21.4. The summed E-state index contributed by atoms with van der Waals surface area (Å²) in [6.07, 6.45) is 2.32. The van der Waals surface area contributed by atoms with Gasteiger partial charge in [0.1, 0.15) is 23.1 Å². The minimum absolute atomic E-state index is 0.296. The van der Waals surface area contributed by atoms with E-state index in [2.05, 4.69) is 4.98 Å². The van der Waals surface area contributed by atoms with Crippen LogP contribution in [0.25, 0.3) is 22.4 Å². The molecule has 4 rings (SSSR count). The summed E-state index contributed by atoms with van der Waals surface area (Å²) in [7, 11) is -2.67. The summed E-state index contributed by atoms with van der Waals surface area (Å²) in [4.78, 5) is 16.6. The number of hydrogen-bond acceptors (Lipinski definition) is 7. The van der Waals surface area contributed by atoms with Crippen molar-refractivity contribution in [3.8, 4) is 23.0 Å². The molecular formula is C20H23NO6S. The molecule has 28 heavy (non-hydrogen) atoms. The number of benzene rings is 2. The number of ether oxygens (including phenoxy) is 2.